The molecule has 1 heterocycles. The van der Waals surface area contributed by atoms with Gasteiger partial charge >= 0.3 is 5.97 Å². The molecule has 5 nitrogen and oxygen atoms in total. The fourth-order valence-electron chi connectivity index (χ4n) is 1.82. The fraction of sp³-hybridized carbons (Fsp3) is 0.385. The van der Waals surface area contributed by atoms with Crippen LogP contribution in [0.5, 0.6) is 0 Å². The van der Waals surface area contributed by atoms with Gasteiger partial charge in [-0.25, -0.2) is 9.18 Å². The maximum atomic E-state index is 13.7. The molecule has 1 aromatic rings. The summed E-state index contributed by atoms with van der Waals surface area (Å²) in [6.45, 7) is 0.743. The second-order valence-corrected chi connectivity index (χ2v) is 5.41. The van der Waals surface area contributed by atoms with Crippen LogP contribution < -0.4 is 10.6 Å². The molecule has 1 fully saturated rings. The third kappa shape index (κ3) is 3.49. The van der Waals surface area contributed by atoms with E-state index in [4.69, 9.17) is 0 Å². The van der Waals surface area contributed by atoms with Crippen LogP contribution in [0.4, 0.5) is 10.1 Å². The summed E-state index contributed by atoms with van der Waals surface area (Å²) in [5.74, 6) is 0.125. The smallest absolute Gasteiger partial charge is 0.337 e. The van der Waals surface area contributed by atoms with E-state index in [9.17, 15) is 14.0 Å². The summed E-state index contributed by atoms with van der Waals surface area (Å²) in [6, 6.07) is 3.36. The second-order valence-electron chi connectivity index (χ2n) is 4.26. The number of rotatable bonds is 3. The fourth-order valence-corrected chi connectivity index (χ4v) is 2.75. The highest BCUT2D eigenvalue weighted by Gasteiger charge is 2.22. The van der Waals surface area contributed by atoms with E-state index in [1.54, 1.807) is 11.8 Å². The van der Waals surface area contributed by atoms with Crippen molar-refractivity contribution < 1.29 is 18.7 Å². The van der Waals surface area contributed by atoms with E-state index >= 15 is 0 Å². The Bertz CT molecular complexity index is 518. The minimum absolute atomic E-state index is 0.0183. The molecule has 1 unspecified atom stereocenters. The monoisotopic (exact) mass is 298 g/mol. The molecule has 0 radical (unpaired) electrons. The maximum Gasteiger partial charge on any atom is 0.337 e. The van der Waals surface area contributed by atoms with Crippen LogP contribution >= 0.6 is 11.8 Å². The quantitative estimate of drug-likeness (QED) is 0.822. The number of hydrogen-bond acceptors (Lipinski definition) is 5. The van der Waals surface area contributed by atoms with Gasteiger partial charge in [0.05, 0.1) is 24.4 Å². The number of benzene rings is 1. The molecular formula is C13H15FN2O3S. The van der Waals surface area contributed by atoms with Gasteiger partial charge in [0, 0.05) is 18.1 Å². The molecule has 0 aromatic heterocycles. The van der Waals surface area contributed by atoms with Gasteiger partial charge in [0.25, 0.3) is 0 Å². The Morgan fingerprint density at radius 2 is 2.30 bits per heavy atom. The van der Waals surface area contributed by atoms with E-state index in [-0.39, 0.29) is 23.2 Å². The van der Waals surface area contributed by atoms with Gasteiger partial charge in [-0.3, -0.25) is 4.79 Å². The van der Waals surface area contributed by atoms with Gasteiger partial charge in [0.1, 0.15) is 5.82 Å². The Hall–Kier alpha value is -1.60. The summed E-state index contributed by atoms with van der Waals surface area (Å²) in [4.78, 5) is 23.4. The number of carbonyl (C=O) groups is 2. The van der Waals surface area contributed by atoms with E-state index in [1.807, 2.05) is 0 Å². The lowest BCUT2D eigenvalue weighted by molar-refractivity contribution is -0.117. The van der Waals surface area contributed by atoms with Crippen LogP contribution in [-0.4, -0.2) is 43.1 Å². The summed E-state index contributed by atoms with van der Waals surface area (Å²) in [5, 5.41) is 5.56. The van der Waals surface area contributed by atoms with Crippen molar-refractivity contribution in [1.29, 1.82) is 0 Å². The zero-order valence-electron chi connectivity index (χ0n) is 10.9. The lowest BCUT2D eigenvalue weighted by Gasteiger charge is -2.22. The Kier molecular flexibility index (Phi) is 4.97. The lowest BCUT2D eigenvalue weighted by atomic mass is 10.2. The summed E-state index contributed by atoms with van der Waals surface area (Å²) in [6.07, 6.45) is 0. The van der Waals surface area contributed by atoms with Crippen LogP contribution in [0.15, 0.2) is 18.2 Å². The number of carbonyl (C=O) groups excluding carboxylic acids is 2. The molecule has 1 aromatic carbocycles. The minimum Gasteiger partial charge on any atom is -0.465 e. The van der Waals surface area contributed by atoms with Gasteiger partial charge in [0.15, 0.2) is 0 Å². The first-order valence-electron chi connectivity index (χ1n) is 6.11. The number of ether oxygens (including phenoxy) is 1. The molecular weight excluding hydrogens is 283 g/mol. The lowest BCUT2D eigenvalue weighted by Crippen LogP contribution is -2.46. The number of hydrogen-bond donors (Lipinski definition) is 2. The highest BCUT2D eigenvalue weighted by atomic mass is 32.2. The summed E-state index contributed by atoms with van der Waals surface area (Å²) in [7, 11) is 1.24. The molecule has 1 saturated heterocycles. The molecule has 0 bridgehead atoms. The minimum atomic E-state index is -0.588. The van der Waals surface area contributed by atoms with Crippen molar-refractivity contribution in [1.82, 2.24) is 5.32 Å². The number of nitrogens with one attached hydrogen (secondary N) is 2. The van der Waals surface area contributed by atoms with Crippen LogP contribution in [-0.2, 0) is 9.53 Å². The van der Waals surface area contributed by atoms with Crippen molar-refractivity contribution in [3.05, 3.63) is 29.6 Å². The van der Waals surface area contributed by atoms with Gasteiger partial charge in [-0.2, -0.15) is 11.8 Å². The van der Waals surface area contributed by atoms with E-state index in [2.05, 4.69) is 15.4 Å². The third-order valence-corrected chi connectivity index (χ3v) is 3.95. The molecule has 1 atom stereocenters. The van der Waals surface area contributed by atoms with Crippen LogP contribution in [0.2, 0.25) is 0 Å². The van der Waals surface area contributed by atoms with Crippen molar-refractivity contribution >= 4 is 29.3 Å². The van der Waals surface area contributed by atoms with Crippen LogP contribution in [0, 0.1) is 5.82 Å². The van der Waals surface area contributed by atoms with Gasteiger partial charge in [-0.1, -0.05) is 0 Å². The van der Waals surface area contributed by atoms with Crippen LogP contribution in [0.25, 0.3) is 0 Å². The van der Waals surface area contributed by atoms with Gasteiger partial charge in [0.2, 0.25) is 5.91 Å². The third-order valence-electron chi connectivity index (χ3n) is 2.88. The van der Waals surface area contributed by atoms with E-state index in [0.29, 0.717) is 5.75 Å². The summed E-state index contributed by atoms with van der Waals surface area (Å²) < 4.78 is 18.2. The van der Waals surface area contributed by atoms with Crippen LogP contribution in [0.3, 0.4) is 0 Å². The van der Waals surface area contributed by atoms with Crippen molar-refractivity contribution in [3.8, 4) is 0 Å². The van der Waals surface area contributed by atoms with E-state index in [1.165, 1.54) is 19.2 Å². The van der Waals surface area contributed by atoms with Gasteiger partial charge in [-0.05, 0) is 18.2 Å². The van der Waals surface area contributed by atoms with Crippen molar-refractivity contribution in [2.24, 2.45) is 0 Å². The zero-order chi connectivity index (χ0) is 14.5. The number of amides is 1. The van der Waals surface area contributed by atoms with E-state index < -0.39 is 11.8 Å². The first-order chi connectivity index (χ1) is 9.61. The van der Waals surface area contributed by atoms with Gasteiger partial charge in [-0.15, -0.1) is 0 Å². The number of thioether (sulfide) groups is 1. The Labute approximate surface area is 120 Å². The largest absolute Gasteiger partial charge is 0.465 e. The predicted molar refractivity (Wildman–Crippen MR) is 75.5 cm³/mol. The maximum absolute atomic E-state index is 13.7. The standard InChI is InChI=1S/C13H15FN2O3S/c1-19-13(18)8-2-3-9(14)10(6-8)16-12(17)11-7-20-5-4-15-11/h2-3,6,11,15H,4-5,7H2,1H3,(H,16,17). The topological polar surface area (TPSA) is 67.4 Å². The molecule has 20 heavy (non-hydrogen) atoms. The SMILES string of the molecule is COC(=O)c1ccc(F)c(NC(=O)C2CSCCN2)c1. The summed E-state index contributed by atoms with van der Waals surface area (Å²) >= 11 is 1.67. The molecule has 1 aliphatic rings. The predicted octanol–water partition coefficient (Wildman–Crippen LogP) is 1.26. The van der Waals surface area contributed by atoms with Crippen molar-refractivity contribution in [3.63, 3.8) is 0 Å². The zero-order valence-corrected chi connectivity index (χ0v) is 11.8. The molecule has 1 amide bonds. The molecule has 0 saturated carbocycles. The average Bonchev–Trinajstić information content (AvgIpc) is 2.49. The van der Waals surface area contributed by atoms with Gasteiger partial charge < -0.3 is 15.4 Å². The highest BCUT2D eigenvalue weighted by Crippen LogP contribution is 2.18. The molecule has 0 aliphatic carbocycles. The van der Waals surface area contributed by atoms with Crippen molar-refractivity contribution in [2.75, 3.05) is 30.5 Å². The Morgan fingerprint density at radius 3 is 2.95 bits per heavy atom. The average molecular weight is 298 g/mol. The molecule has 108 valence electrons. The molecule has 2 N–H and O–H groups in total. The number of anilines is 1. The second kappa shape index (κ2) is 6.71. The number of methoxy groups -OCH3 is 1. The normalized spacial score (nSPS) is 18.4. The molecule has 2 rings (SSSR count). The number of esters is 1. The van der Waals surface area contributed by atoms with E-state index in [0.717, 1.165) is 18.4 Å². The molecule has 1 aliphatic heterocycles. The first kappa shape index (κ1) is 14.8. The number of halogens is 1. The van der Waals surface area contributed by atoms with Crippen LogP contribution in [0.1, 0.15) is 10.4 Å². The summed E-state index contributed by atoms with van der Waals surface area (Å²) in [5.41, 5.74) is 0.172. The van der Waals surface area contributed by atoms with Crippen molar-refractivity contribution in [2.45, 2.75) is 6.04 Å². The Morgan fingerprint density at radius 1 is 1.50 bits per heavy atom. The first-order valence-corrected chi connectivity index (χ1v) is 7.27. The molecule has 7 heteroatoms. The highest BCUT2D eigenvalue weighted by molar-refractivity contribution is 7.99. The Balaban J connectivity index is 2.11. The molecule has 0 spiro atoms.